The van der Waals surface area contributed by atoms with Crippen molar-refractivity contribution in [3.05, 3.63) is 66.6 Å². The normalized spacial score (nSPS) is 10.6. The van der Waals surface area contributed by atoms with Crippen LogP contribution in [0.25, 0.3) is 5.82 Å². The number of nitrogens with one attached hydrogen (secondary N) is 2. The third-order valence-electron chi connectivity index (χ3n) is 4.04. The lowest BCUT2D eigenvalue weighted by molar-refractivity contribution is 0.102. The molecule has 3 aromatic heterocycles. The molecule has 0 atom stereocenters. The number of amides is 1. The summed E-state index contributed by atoms with van der Waals surface area (Å²) in [6, 6.07) is 12.7. The Labute approximate surface area is 166 Å². The van der Waals surface area contributed by atoms with Gasteiger partial charge in [0.15, 0.2) is 11.6 Å². The number of hydrogen-bond donors (Lipinski definition) is 2. The zero-order valence-electron chi connectivity index (χ0n) is 15.8. The molecule has 0 fully saturated rings. The number of aryl methyl sites for hydroxylation is 1. The van der Waals surface area contributed by atoms with Crippen LogP contribution in [-0.2, 0) is 7.05 Å². The quantitative estimate of drug-likeness (QED) is 0.520. The van der Waals surface area contributed by atoms with Crippen LogP contribution >= 0.6 is 0 Å². The predicted octanol–water partition coefficient (Wildman–Crippen LogP) is 2.40. The highest BCUT2D eigenvalue weighted by Crippen LogP contribution is 2.20. The van der Waals surface area contributed by atoms with Gasteiger partial charge in [-0.25, -0.2) is 4.68 Å². The Kier molecular flexibility index (Phi) is 4.89. The van der Waals surface area contributed by atoms with E-state index in [0.29, 0.717) is 22.9 Å². The van der Waals surface area contributed by atoms with Crippen molar-refractivity contribution in [2.75, 3.05) is 17.7 Å². The average Bonchev–Trinajstić information content (AvgIpc) is 3.40. The Morgan fingerprint density at radius 3 is 2.52 bits per heavy atom. The van der Waals surface area contributed by atoms with Crippen molar-refractivity contribution in [3.63, 3.8) is 0 Å². The summed E-state index contributed by atoms with van der Waals surface area (Å²) in [5.41, 5.74) is 1.82. The van der Waals surface area contributed by atoms with Crippen molar-refractivity contribution in [3.8, 4) is 11.7 Å². The Hall–Kier alpha value is -4.21. The second kappa shape index (κ2) is 7.80. The van der Waals surface area contributed by atoms with Gasteiger partial charge in [-0.05, 0) is 42.5 Å². The van der Waals surface area contributed by atoms with Gasteiger partial charge in [-0.15, -0.1) is 15.3 Å². The highest BCUT2D eigenvalue weighted by Gasteiger charge is 2.16. The number of aromatic nitrogens is 6. The van der Waals surface area contributed by atoms with Crippen molar-refractivity contribution in [2.24, 2.45) is 7.05 Å². The first-order chi connectivity index (χ1) is 14.1. The lowest BCUT2D eigenvalue weighted by Gasteiger charge is -2.08. The molecule has 0 aliphatic heterocycles. The van der Waals surface area contributed by atoms with E-state index in [9.17, 15) is 4.79 Å². The Bertz CT molecular complexity index is 1100. The monoisotopic (exact) mass is 390 g/mol. The summed E-state index contributed by atoms with van der Waals surface area (Å²) in [5.74, 6) is 1.21. The van der Waals surface area contributed by atoms with Crippen LogP contribution in [0.1, 0.15) is 10.4 Å². The van der Waals surface area contributed by atoms with E-state index in [-0.39, 0.29) is 11.8 Å². The lowest BCUT2D eigenvalue weighted by atomic mass is 10.2. The Morgan fingerprint density at radius 1 is 1.07 bits per heavy atom. The third-order valence-corrected chi connectivity index (χ3v) is 4.04. The fourth-order valence-electron chi connectivity index (χ4n) is 2.68. The molecule has 0 unspecified atom stereocenters. The van der Waals surface area contributed by atoms with Crippen molar-refractivity contribution in [2.45, 2.75) is 0 Å². The van der Waals surface area contributed by atoms with Gasteiger partial charge in [0.2, 0.25) is 5.88 Å². The van der Waals surface area contributed by atoms with E-state index in [0.717, 1.165) is 5.69 Å². The maximum absolute atomic E-state index is 12.4. The summed E-state index contributed by atoms with van der Waals surface area (Å²) in [5, 5.41) is 22.5. The third kappa shape index (κ3) is 4.05. The summed E-state index contributed by atoms with van der Waals surface area (Å²) in [4.78, 5) is 12.4. The molecule has 1 aromatic carbocycles. The van der Waals surface area contributed by atoms with E-state index in [1.807, 2.05) is 30.3 Å². The first kappa shape index (κ1) is 18.2. The minimum atomic E-state index is -0.296. The Balaban J connectivity index is 1.40. The molecule has 1 amide bonds. The highest BCUT2D eigenvalue weighted by molar-refractivity contribution is 6.05. The van der Waals surface area contributed by atoms with E-state index in [2.05, 4.69) is 31.0 Å². The average molecular weight is 390 g/mol. The van der Waals surface area contributed by atoms with Gasteiger partial charge < -0.3 is 15.4 Å². The number of carbonyl (C=O) groups excluding carboxylic acids is 1. The van der Waals surface area contributed by atoms with Gasteiger partial charge in [0.1, 0.15) is 5.56 Å². The minimum Gasteiger partial charge on any atom is -0.479 e. The highest BCUT2D eigenvalue weighted by atomic mass is 16.5. The fourth-order valence-corrected chi connectivity index (χ4v) is 2.68. The topological polar surface area (TPSA) is 112 Å². The molecule has 10 heteroatoms. The molecule has 0 saturated heterocycles. The predicted molar refractivity (Wildman–Crippen MR) is 107 cm³/mol. The number of ether oxygens (including phenoxy) is 1. The largest absolute Gasteiger partial charge is 0.479 e. The molecule has 146 valence electrons. The summed E-state index contributed by atoms with van der Waals surface area (Å²) in [6.07, 6.45) is 5.08. The number of hydrogen-bond acceptors (Lipinski definition) is 7. The number of carbonyl (C=O) groups is 1. The molecule has 2 N–H and O–H groups in total. The van der Waals surface area contributed by atoms with Crippen LogP contribution in [0.5, 0.6) is 5.88 Å². The fraction of sp³-hybridized carbons (Fsp3) is 0.105. The zero-order valence-corrected chi connectivity index (χ0v) is 15.8. The molecule has 0 bridgehead atoms. The molecule has 0 radical (unpaired) electrons. The first-order valence-corrected chi connectivity index (χ1v) is 8.72. The molecular formula is C19H18N8O2. The number of nitrogens with zero attached hydrogens (tertiary/aromatic N) is 6. The molecule has 3 heterocycles. The van der Waals surface area contributed by atoms with Crippen LogP contribution in [0.4, 0.5) is 17.2 Å². The molecule has 0 spiro atoms. The number of methoxy groups -OCH3 is 1. The summed E-state index contributed by atoms with van der Waals surface area (Å²) < 4.78 is 8.28. The van der Waals surface area contributed by atoms with E-state index < -0.39 is 0 Å². The SMILES string of the molecule is COc1nn(C)cc1C(=O)Nc1ccc(Nc2ccc(-n3cccn3)nn2)cc1. The van der Waals surface area contributed by atoms with E-state index in [1.165, 1.54) is 11.8 Å². The second-order valence-electron chi connectivity index (χ2n) is 6.11. The van der Waals surface area contributed by atoms with Crippen molar-refractivity contribution >= 4 is 23.1 Å². The molecule has 0 aliphatic carbocycles. The molecule has 0 saturated carbocycles. The van der Waals surface area contributed by atoms with Gasteiger partial charge in [0.25, 0.3) is 5.91 Å². The van der Waals surface area contributed by atoms with Crippen LogP contribution in [0.15, 0.2) is 61.1 Å². The van der Waals surface area contributed by atoms with E-state index in [4.69, 9.17) is 4.74 Å². The van der Waals surface area contributed by atoms with Gasteiger partial charge in [-0.3, -0.25) is 9.48 Å². The maximum Gasteiger partial charge on any atom is 0.262 e. The smallest absolute Gasteiger partial charge is 0.262 e. The number of rotatable bonds is 6. The van der Waals surface area contributed by atoms with Gasteiger partial charge in [0, 0.05) is 37.0 Å². The molecule has 10 nitrogen and oxygen atoms in total. The standard InChI is InChI=1S/C19H18N8O2/c1-26-12-15(19(25-26)29-2)18(28)22-14-6-4-13(5-7-14)21-16-8-9-17(24-23-16)27-11-3-10-20-27/h3-12H,1-2H3,(H,21,23)(H,22,28). The van der Waals surface area contributed by atoms with Crippen LogP contribution in [0.2, 0.25) is 0 Å². The zero-order chi connectivity index (χ0) is 20.2. The molecule has 4 rings (SSSR count). The van der Waals surface area contributed by atoms with Crippen molar-refractivity contribution < 1.29 is 9.53 Å². The summed E-state index contributed by atoms with van der Waals surface area (Å²) in [7, 11) is 3.20. The second-order valence-corrected chi connectivity index (χ2v) is 6.11. The van der Waals surface area contributed by atoms with Crippen LogP contribution in [0, 0.1) is 0 Å². The van der Waals surface area contributed by atoms with Crippen LogP contribution in [-0.4, -0.2) is 42.8 Å². The summed E-state index contributed by atoms with van der Waals surface area (Å²) in [6.45, 7) is 0. The molecular weight excluding hydrogens is 372 g/mol. The minimum absolute atomic E-state index is 0.278. The van der Waals surface area contributed by atoms with Gasteiger partial charge in [0.05, 0.1) is 7.11 Å². The first-order valence-electron chi connectivity index (χ1n) is 8.72. The molecule has 0 aliphatic rings. The van der Waals surface area contributed by atoms with Crippen LogP contribution in [0.3, 0.4) is 0 Å². The number of benzene rings is 1. The van der Waals surface area contributed by atoms with Crippen molar-refractivity contribution in [1.29, 1.82) is 0 Å². The van der Waals surface area contributed by atoms with Gasteiger partial charge in [-0.2, -0.15) is 5.10 Å². The van der Waals surface area contributed by atoms with Crippen molar-refractivity contribution in [1.82, 2.24) is 29.8 Å². The summed E-state index contributed by atoms with van der Waals surface area (Å²) >= 11 is 0. The number of anilines is 3. The molecule has 4 aromatic rings. The molecule has 29 heavy (non-hydrogen) atoms. The maximum atomic E-state index is 12.4. The van der Waals surface area contributed by atoms with E-state index >= 15 is 0 Å². The Morgan fingerprint density at radius 2 is 1.86 bits per heavy atom. The lowest BCUT2D eigenvalue weighted by Crippen LogP contribution is -2.12. The van der Waals surface area contributed by atoms with E-state index in [1.54, 1.807) is 42.5 Å². The van der Waals surface area contributed by atoms with Gasteiger partial charge >= 0.3 is 0 Å². The van der Waals surface area contributed by atoms with Crippen LogP contribution < -0.4 is 15.4 Å². The van der Waals surface area contributed by atoms with Gasteiger partial charge in [-0.1, -0.05) is 0 Å².